The number of hydrogen-bond donors (Lipinski definition) is 0. The molecule has 0 aliphatic rings. The van der Waals surface area contributed by atoms with E-state index in [0.29, 0.717) is 6.54 Å². The van der Waals surface area contributed by atoms with Crippen LogP contribution < -0.4 is 0 Å². The molecule has 5 heteroatoms. The summed E-state index contributed by atoms with van der Waals surface area (Å²) in [5.74, 6) is 3.86. The Morgan fingerprint density at radius 1 is 1.54 bits per heavy atom. The highest BCUT2D eigenvalue weighted by molar-refractivity contribution is 14.1. The number of aryl methyl sites for hydroxylation is 1. The van der Waals surface area contributed by atoms with Crippen molar-refractivity contribution in [3.63, 3.8) is 0 Å². The molecule has 1 aromatic rings. The van der Waals surface area contributed by atoms with Gasteiger partial charge in [-0.3, -0.25) is 0 Å². The first-order valence-corrected chi connectivity index (χ1v) is 5.30. The van der Waals surface area contributed by atoms with Crippen molar-refractivity contribution in [2.45, 2.75) is 32.7 Å². The highest BCUT2D eigenvalue weighted by Crippen LogP contribution is 1.99. The topological polar surface area (TPSA) is 43.6 Å². The molecule has 1 aromatic heterocycles. The fourth-order valence-electron chi connectivity index (χ4n) is 0.965. The maximum Gasteiger partial charge on any atom is 0.152 e. The lowest BCUT2D eigenvalue weighted by Gasteiger charge is -1.97. The van der Waals surface area contributed by atoms with E-state index in [1.54, 1.807) is 4.68 Å². The van der Waals surface area contributed by atoms with E-state index in [1.807, 2.05) is 22.6 Å². The number of hydrogen-bond acceptors (Lipinski definition) is 3. The van der Waals surface area contributed by atoms with Gasteiger partial charge in [-0.25, -0.2) is 4.68 Å². The van der Waals surface area contributed by atoms with Crippen molar-refractivity contribution in [2.75, 3.05) is 0 Å². The number of aromatic nitrogens is 4. The van der Waals surface area contributed by atoms with Gasteiger partial charge in [0.1, 0.15) is 6.54 Å². The van der Waals surface area contributed by atoms with Crippen LogP contribution in [0.25, 0.3) is 0 Å². The van der Waals surface area contributed by atoms with Crippen molar-refractivity contribution in [3.05, 3.63) is 5.82 Å². The van der Waals surface area contributed by atoms with E-state index >= 15 is 0 Å². The third kappa shape index (κ3) is 3.30. The zero-order chi connectivity index (χ0) is 9.52. The first-order valence-electron chi connectivity index (χ1n) is 4.22. The largest absolute Gasteiger partial charge is 0.218 e. The summed E-state index contributed by atoms with van der Waals surface area (Å²) in [6.07, 6.45) is 3.22. The van der Waals surface area contributed by atoms with Crippen LogP contribution in [0.3, 0.4) is 0 Å². The molecule has 0 bridgehead atoms. The monoisotopic (exact) mass is 290 g/mol. The van der Waals surface area contributed by atoms with Crippen LogP contribution in [-0.4, -0.2) is 20.2 Å². The Hall–Kier alpha value is -0.640. The second-order valence-electron chi connectivity index (χ2n) is 2.63. The van der Waals surface area contributed by atoms with Gasteiger partial charge in [0.15, 0.2) is 5.82 Å². The number of nitrogens with zero attached hydrogens (tertiary/aromatic N) is 4. The van der Waals surface area contributed by atoms with Gasteiger partial charge >= 0.3 is 0 Å². The molecule has 0 spiro atoms. The Labute approximate surface area is 91.2 Å². The number of halogens is 1. The van der Waals surface area contributed by atoms with Crippen molar-refractivity contribution < 1.29 is 0 Å². The van der Waals surface area contributed by atoms with Crippen LogP contribution in [0.15, 0.2) is 0 Å². The molecule has 1 heterocycles. The van der Waals surface area contributed by atoms with E-state index in [-0.39, 0.29) is 0 Å². The number of unbranched alkanes of at least 4 members (excludes halogenated alkanes) is 1. The maximum absolute atomic E-state index is 3.94. The van der Waals surface area contributed by atoms with Crippen LogP contribution in [0.2, 0.25) is 0 Å². The summed E-state index contributed by atoms with van der Waals surface area (Å²) in [4.78, 5) is 0. The van der Waals surface area contributed by atoms with E-state index in [4.69, 9.17) is 0 Å². The molecule has 0 atom stereocenters. The minimum atomic E-state index is 0.592. The molecule has 4 nitrogen and oxygen atoms in total. The maximum atomic E-state index is 3.94. The first kappa shape index (κ1) is 10.4. The molecule has 0 saturated carbocycles. The van der Waals surface area contributed by atoms with Crippen molar-refractivity contribution in [1.29, 1.82) is 0 Å². The fourth-order valence-corrected chi connectivity index (χ4v) is 1.14. The molecule has 13 heavy (non-hydrogen) atoms. The molecule has 0 saturated heterocycles. The molecule has 70 valence electrons. The van der Waals surface area contributed by atoms with Crippen LogP contribution in [0, 0.1) is 9.85 Å². The molecule has 0 radical (unpaired) electrons. The normalized spacial score (nSPS) is 9.38. The van der Waals surface area contributed by atoms with Crippen LogP contribution in [0.5, 0.6) is 0 Å². The van der Waals surface area contributed by atoms with E-state index in [9.17, 15) is 0 Å². The lowest BCUT2D eigenvalue weighted by molar-refractivity contribution is 0.622. The lowest BCUT2D eigenvalue weighted by Crippen LogP contribution is -2.04. The predicted octanol–water partition coefficient (Wildman–Crippen LogP) is 1.41. The standard InChI is InChI=1S/C8H11IN4/c1-2-3-5-8-10-11-12-13(8)7-4-6-9/h2-3,5,7H2,1H3. The third-order valence-electron chi connectivity index (χ3n) is 1.66. The summed E-state index contributed by atoms with van der Waals surface area (Å²) < 4.78 is 4.54. The van der Waals surface area contributed by atoms with Gasteiger partial charge in [-0.2, -0.15) is 0 Å². The molecule has 0 aliphatic carbocycles. The Kier molecular flexibility index (Phi) is 4.75. The Morgan fingerprint density at radius 3 is 3.08 bits per heavy atom. The van der Waals surface area contributed by atoms with E-state index < -0.39 is 0 Å². The van der Waals surface area contributed by atoms with E-state index in [2.05, 4.69) is 32.3 Å². The molecule has 0 aliphatic heterocycles. The summed E-state index contributed by atoms with van der Waals surface area (Å²) in [5, 5.41) is 11.4. The van der Waals surface area contributed by atoms with Crippen molar-refractivity contribution in [1.82, 2.24) is 20.2 Å². The van der Waals surface area contributed by atoms with Gasteiger partial charge in [-0.15, -0.1) is 5.10 Å². The average Bonchev–Trinajstić information content (AvgIpc) is 2.59. The smallest absolute Gasteiger partial charge is 0.152 e. The Morgan fingerprint density at radius 2 is 2.38 bits per heavy atom. The molecule has 0 amide bonds. The van der Waals surface area contributed by atoms with Gasteiger partial charge in [0.25, 0.3) is 0 Å². The lowest BCUT2D eigenvalue weighted by atomic mass is 10.2. The van der Waals surface area contributed by atoms with Gasteiger partial charge in [0.2, 0.25) is 0 Å². The second kappa shape index (κ2) is 5.91. The second-order valence-corrected chi connectivity index (χ2v) is 3.17. The molecule has 0 fully saturated rings. The summed E-state index contributed by atoms with van der Waals surface area (Å²) in [5.41, 5.74) is 0. The van der Waals surface area contributed by atoms with Gasteiger partial charge in [-0.1, -0.05) is 19.3 Å². The summed E-state index contributed by atoms with van der Waals surface area (Å²) >= 11 is 2.01. The van der Waals surface area contributed by atoms with Crippen molar-refractivity contribution in [3.8, 4) is 9.85 Å². The average molecular weight is 290 g/mol. The zero-order valence-corrected chi connectivity index (χ0v) is 9.65. The van der Waals surface area contributed by atoms with Crippen molar-refractivity contribution >= 4 is 22.6 Å². The highest BCUT2D eigenvalue weighted by atomic mass is 127. The first-order chi connectivity index (χ1) is 6.38. The van der Waals surface area contributed by atoms with Crippen LogP contribution in [0.4, 0.5) is 0 Å². The quantitative estimate of drug-likeness (QED) is 0.622. The molecule has 0 unspecified atom stereocenters. The zero-order valence-electron chi connectivity index (χ0n) is 7.50. The SMILES string of the molecule is CCCCc1nnnn1CC#CI. The summed E-state index contributed by atoms with van der Waals surface area (Å²) in [6.45, 7) is 2.74. The number of tetrazole rings is 1. The van der Waals surface area contributed by atoms with Crippen molar-refractivity contribution in [2.24, 2.45) is 0 Å². The van der Waals surface area contributed by atoms with Crippen LogP contribution in [0.1, 0.15) is 25.6 Å². The Bertz CT molecular complexity index is 309. The molecule has 1 rings (SSSR count). The molecular formula is C8H11IN4. The minimum absolute atomic E-state index is 0.592. The Balaban J connectivity index is 2.58. The van der Waals surface area contributed by atoms with Gasteiger partial charge < -0.3 is 0 Å². The predicted molar refractivity (Wildman–Crippen MR) is 58.2 cm³/mol. The van der Waals surface area contributed by atoms with Gasteiger partial charge in [-0.05, 0) is 20.8 Å². The number of rotatable bonds is 4. The molecule has 0 aromatic carbocycles. The third-order valence-corrected chi connectivity index (χ3v) is 2.04. The molecule has 0 N–H and O–H groups in total. The van der Waals surface area contributed by atoms with Gasteiger partial charge in [0.05, 0.1) is 0 Å². The van der Waals surface area contributed by atoms with Crippen LogP contribution in [-0.2, 0) is 13.0 Å². The van der Waals surface area contributed by atoms with Gasteiger partial charge in [0, 0.05) is 29.0 Å². The summed E-state index contributed by atoms with van der Waals surface area (Å²) in [7, 11) is 0. The van der Waals surface area contributed by atoms with E-state index in [1.165, 1.54) is 0 Å². The molecular weight excluding hydrogens is 279 g/mol. The minimum Gasteiger partial charge on any atom is -0.218 e. The fraction of sp³-hybridized carbons (Fsp3) is 0.625. The van der Waals surface area contributed by atoms with E-state index in [0.717, 1.165) is 25.1 Å². The highest BCUT2D eigenvalue weighted by Gasteiger charge is 2.02. The van der Waals surface area contributed by atoms with Crippen LogP contribution >= 0.6 is 22.6 Å². The summed E-state index contributed by atoms with van der Waals surface area (Å²) in [6, 6.07) is 0.